The van der Waals surface area contributed by atoms with E-state index in [1.165, 1.54) is 0 Å². The number of aliphatic hydroxyl groups is 1. The van der Waals surface area contributed by atoms with E-state index in [9.17, 15) is 5.11 Å². The highest BCUT2D eigenvalue weighted by Gasteiger charge is 2.35. The van der Waals surface area contributed by atoms with Crippen LogP contribution in [0.4, 0.5) is 11.4 Å². The minimum Gasteiger partial charge on any atom is -0.397 e. The Labute approximate surface area is 105 Å². The molecule has 0 aliphatic carbocycles. The maximum Gasteiger partial charge on any atom is 0.0814 e. The Balaban J connectivity index is 3.01. The van der Waals surface area contributed by atoms with Gasteiger partial charge in [-0.05, 0) is 45.9 Å². The lowest BCUT2D eigenvalue weighted by Crippen LogP contribution is -2.51. The molecule has 1 aromatic rings. The normalized spacial score (nSPS) is 12.6. The van der Waals surface area contributed by atoms with E-state index in [4.69, 9.17) is 5.73 Å². The van der Waals surface area contributed by atoms with Crippen molar-refractivity contribution in [2.45, 2.75) is 38.8 Å². The fourth-order valence-corrected chi connectivity index (χ4v) is 1.49. The Morgan fingerprint density at radius 1 is 1.25 bits per heavy atom. The lowest BCUT2D eigenvalue weighted by molar-refractivity contribution is 0.0241. The number of benzene rings is 1. The van der Waals surface area contributed by atoms with Crippen LogP contribution in [0.3, 0.4) is 0 Å². The first-order valence-corrected chi connectivity index (χ1v) is 5.98. The standard InChI is InChI=1S/C12H19BrN2O/c1-11(2,12(3,4)16)15-10-7-8(13)5-6-9(10)14/h5-7,15-16H,14H2,1-4H3. The van der Waals surface area contributed by atoms with E-state index in [1.807, 2.05) is 32.0 Å². The molecule has 0 aliphatic rings. The first-order chi connectivity index (χ1) is 7.13. The average molecular weight is 287 g/mol. The quantitative estimate of drug-likeness (QED) is 0.749. The number of anilines is 2. The fourth-order valence-electron chi connectivity index (χ4n) is 1.13. The van der Waals surface area contributed by atoms with Gasteiger partial charge in [0.2, 0.25) is 0 Å². The molecule has 1 aromatic carbocycles. The van der Waals surface area contributed by atoms with Crippen molar-refractivity contribution in [3.05, 3.63) is 22.7 Å². The third-order valence-electron chi connectivity index (χ3n) is 2.99. The third-order valence-corrected chi connectivity index (χ3v) is 3.49. The summed E-state index contributed by atoms with van der Waals surface area (Å²) in [6.45, 7) is 7.42. The second kappa shape index (κ2) is 4.26. The number of nitrogen functional groups attached to an aromatic ring is 1. The van der Waals surface area contributed by atoms with Crippen LogP contribution in [0.5, 0.6) is 0 Å². The van der Waals surface area contributed by atoms with Crippen LogP contribution in [0.1, 0.15) is 27.7 Å². The Morgan fingerprint density at radius 3 is 2.31 bits per heavy atom. The van der Waals surface area contributed by atoms with Crippen LogP contribution < -0.4 is 11.1 Å². The molecule has 0 bridgehead atoms. The average Bonchev–Trinajstić information content (AvgIpc) is 2.09. The molecule has 0 unspecified atom stereocenters. The topological polar surface area (TPSA) is 58.3 Å². The van der Waals surface area contributed by atoms with Crippen molar-refractivity contribution in [2.24, 2.45) is 0 Å². The number of hydrogen-bond donors (Lipinski definition) is 3. The van der Waals surface area contributed by atoms with Crippen molar-refractivity contribution in [1.29, 1.82) is 0 Å². The smallest absolute Gasteiger partial charge is 0.0814 e. The molecule has 0 aromatic heterocycles. The fraction of sp³-hybridized carbons (Fsp3) is 0.500. The van der Waals surface area contributed by atoms with Gasteiger partial charge in [0.05, 0.1) is 22.5 Å². The van der Waals surface area contributed by atoms with Gasteiger partial charge in [0.15, 0.2) is 0 Å². The number of nitrogens with one attached hydrogen (secondary N) is 1. The van der Waals surface area contributed by atoms with Gasteiger partial charge in [0, 0.05) is 4.47 Å². The predicted octanol–water partition coefficient (Wildman–Crippen LogP) is 2.99. The molecule has 0 amide bonds. The van der Waals surface area contributed by atoms with Gasteiger partial charge in [-0.15, -0.1) is 0 Å². The zero-order valence-corrected chi connectivity index (χ0v) is 11.7. The molecule has 0 saturated heterocycles. The molecule has 0 aliphatic heterocycles. The van der Waals surface area contributed by atoms with Gasteiger partial charge >= 0.3 is 0 Å². The zero-order valence-electron chi connectivity index (χ0n) is 10.1. The molecule has 0 radical (unpaired) electrons. The number of halogens is 1. The molecule has 0 fully saturated rings. The van der Waals surface area contributed by atoms with Crippen LogP contribution in [0.15, 0.2) is 22.7 Å². The molecule has 0 spiro atoms. The Bertz CT molecular complexity index is 383. The first-order valence-electron chi connectivity index (χ1n) is 5.19. The van der Waals surface area contributed by atoms with E-state index in [2.05, 4.69) is 21.2 Å². The molecule has 16 heavy (non-hydrogen) atoms. The van der Waals surface area contributed by atoms with Crippen LogP contribution in [0.25, 0.3) is 0 Å². The third kappa shape index (κ3) is 2.89. The molecular weight excluding hydrogens is 268 g/mol. The summed E-state index contributed by atoms with van der Waals surface area (Å²) in [6.07, 6.45) is 0. The van der Waals surface area contributed by atoms with Gasteiger partial charge in [0.25, 0.3) is 0 Å². The van der Waals surface area contributed by atoms with Crippen molar-refractivity contribution < 1.29 is 5.11 Å². The van der Waals surface area contributed by atoms with Crippen molar-refractivity contribution in [3.8, 4) is 0 Å². The summed E-state index contributed by atoms with van der Waals surface area (Å²) in [7, 11) is 0. The summed E-state index contributed by atoms with van der Waals surface area (Å²) in [5.41, 5.74) is 6.05. The predicted molar refractivity (Wildman–Crippen MR) is 72.6 cm³/mol. The van der Waals surface area contributed by atoms with Gasteiger partial charge < -0.3 is 16.2 Å². The summed E-state index contributed by atoms with van der Waals surface area (Å²) >= 11 is 3.40. The summed E-state index contributed by atoms with van der Waals surface area (Å²) in [6, 6.07) is 5.62. The van der Waals surface area contributed by atoms with Crippen LogP contribution >= 0.6 is 15.9 Å². The second-order valence-electron chi connectivity index (χ2n) is 5.04. The highest BCUT2D eigenvalue weighted by Crippen LogP contribution is 2.30. The van der Waals surface area contributed by atoms with Crippen LogP contribution in [-0.2, 0) is 0 Å². The lowest BCUT2D eigenvalue weighted by atomic mass is 9.85. The van der Waals surface area contributed by atoms with Gasteiger partial charge in [0.1, 0.15) is 0 Å². The van der Waals surface area contributed by atoms with Crippen LogP contribution in [0, 0.1) is 0 Å². The zero-order chi connectivity index (χ0) is 12.6. The summed E-state index contributed by atoms with van der Waals surface area (Å²) in [5, 5.41) is 13.3. The van der Waals surface area contributed by atoms with E-state index >= 15 is 0 Å². The Morgan fingerprint density at radius 2 is 1.81 bits per heavy atom. The molecule has 4 N–H and O–H groups in total. The minimum absolute atomic E-state index is 0.470. The van der Waals surface area contributed by atoms with Gasteiger partial charge in [-0.3, -0.25) is 0 Å². The first kappa shape index (κ1) is 13.3. The van der Waals surface area contributed by atoms with Gasteiger partial charge in [-0.1, -0.05) is 15.9 Å². The summed E-state index contributed by atoms with van der Waals surface area (Å²) < 4.78 is 0.954. The number of nitrogens with two attached hydrogens (primary N) is 1. The van der Waals surface area contributed by atoms with E-state index in [-0.39, 0.29) is 0 Å². The molecule has 90 valence electrons. The molecule has 0 saturated carbocycles. The number of rotatable bonds is 3. The van der Waals surface area contributed by atoms with Gasteiger partial charge in [-0.2, -0.15) is 0 Å². The monoisotopic (exact) mass is 286 g/mol. The molecular formula is C12H19BrN2O. The van der Waals surface area contributed by atoms with Crippen molar-refractivity contribution in [2.75, 3.05) is 11.1 Å². The Hall–Kier alpha value is -0.740. The molecule has 0 atom stereocenters. The summed E-state index contributed by atoms with van der Waals surface area (Å²) in [4.78, 5) is 0. The lowest BCUT2D eigenvalue weighted by Gasteiger charge is -2.39. The molecule has 0 heterocycles. The van der Waals surface area contributed by atoms with Crippen molar-refractivity contribution in [1.82, 2.24) is 0 Å². The molecule has 3 nitrogen and oxygen atoms in total. The Kier molecular flexibility index (Phi) is 3.55. The highest BCUT2D eigenvalue weighted by atomic mass is 79.9. The van der Waals surface area contributed by atoms with E-state index in [0.717, 1.165) is 10.2 Å². The van der Waals surface area contributed by atoms with Gasteiger partial charge in [-0.25, -0.2) is 0 Å². The number of hydrogen-bond acceptors (Lipinski definition) is 3. The SMILES string of the molecule is CC(C)(O)C(C)(C)Nc1cc(Br)ccc1N. The molecule has 1 rings (SSSR count). The second-order valence-corrected chi connectivity index (χ2v) is 5.96. The minimum atomic E-state index is -0.845. The van der Waals surface area contributed by atoms with Crippen molar-refractivity contribution >= 4 is 27.3 Å². The van der Waals surface area contributed by atoms with E-state index in [1.54, 1.807) is 13.8 Å². The maximum absolute atomic E-state index is 10.1. The largest absolute Gasteiger partial charge is 0.397 e. The van der Waals surface area contributed by atoms with E-state index in [0.29, 0.717) is 5.69 Å². The van der Waals surface area contributed by atoms with Crippen LogP contribution in [0.2, 0.25) is 0 Å². The van der Waals surface area contributed by atoms with Crippen LogP contribution in [-0.4, -0.2) is 16.2 Å². The van der Waals surface area contributed by atoms with E-state index < -0.39 is 11.1 Å². The summed E-state index contributed by atoms with van der Waals surface area (Å²) in [5.74, 6) is 0. The molecule has 4 heteroatoms. The maximum atomic E-state index is 10.1. The highest BCUT2D eigenvalue weighted by molar-refractivity contribution is 9.10. The van der Waals surface area contributed by atoms with Crippen molar-refractivity contribution in [3.63, 3.8) is 0 Å².